The highest BCUT2D eigenvalue weighted by Gasteiger charge is 2.18. The number of fused-ring (bicyclic) bond motifs is 1. The monoisotopic (exact) mass is 269 g/mol. The van der Waals surface area contributed by atoms with Crippen molar-refractivity contribution in [1.29, 1.82) is 0 Å². The Labute approximate surface area is 118 Å². The number of hydrogen-bond donors (Lipinski definition) is 1. The molecule has 0 radical (unpaired) electrons. The molecule has 96 valence electrons. The van der Waals surface area contributed by atoms with Crippen LogP contribution in [0.25, 0.3) is 0 Å². The highest BCUT2D eigenvalue weighted by Crippen LogP contribution is 2.23. The smallest absolute Gasteiger partial charge is 0.122 e. The summed E-state index contributed by atoms with van der Waals surface area (Å²) in [4.78, 5) is 6.93. The van der Waals surface area contributed by atoms with Crippen molar-refractivity contribution >= 4 is 17.2 Å². The Morgan fingerprint density at radius 3 is 2.53 bits per heavy atom. The van der Waals surface area contributed by atoms with Crippen LogP contribution in [-0.4, -0.2) is 14.9 Å². The van der Waals surface area contributed by atoms with E-state index in [1.165, 1.54) is 16.7 Å². The Balaban J connectivity index is 1.74. The number of hydrogen-bond acceptors (Lipinski definition) is 3. The number of pyridine rings is 1. The minimum Gasteiger partial charge on any atom is -0.388 e. The van der Waals surface area contributed by atoms with Gasteiger partial charge in [0.2, 0.25) is 0 Å². The first-order valence-electron chi connectivity index (χ1n) is 6.26. The van der Waals surface area contributed by atoms with Crippen molar-refractivity contribution in [3.63, 3.8) is 0 Å². The maximum atomic E-state index is 5.62. The highest BCUT2D eigenvalue weighted by atomic mass is 32.1. The number of nitrogens with two attached hydrogens (primary N) is 1. The van der Waals surface area contributed by atoms with Gasteiger partial charge < -0.3 is 5.73 Å². The lowest BCUT2D eigenvalue weighted by Crippen LogP contribution is -2.17. The molecule has 0 saturated carbocycles. The molecule has 0 atom stereocenters. The van der Waals surface area contributed by atoms with Gasteiger partial charge in [0.05, 0.1) is 5.69 Å². The van der Waals surface area contributed by atoms with Crippen LogP contribution in [0.4, 0.5) is 0 Å². The lowest BCUT2D eigenvalue weighted by molar-refractivity contribution is 0.275. The van der Waals surface area contributed by atoms with Crippen LogP contribution in [0.15, 0.2) is 42.6 Å². The van der Waals surface area contributed by atoms with E-state index in [1.807, 2.05) is 12.1 Å². The van der Waals surface area contributed by atoms with E-state index in [0.29, 0.717) is 10.7 Å². The summed E-state index contributed by atoms with van der Waals surface area (Å²) in [5, 5.41) is 0. The normalized spacial score (nSPS) is 14.3. The Hall–Kier alpha value is -1.78. The lowest BCUT2D eigenvalue weighted by Gasteiger charge is -2.15. The summed E-state index contributed by atoms with van der Waals surface area (Å²) in [6, 6.07) is 12.6. The van der Waals surface area contributed by atoms with Crippen LogP contribution >= 0.6 is 12.2 Å². The largest absolute Gasteiger partial charge is 0.388 e. The Bertz CT molecular complexity index is 599. The Morgan fingerprint density at radius 1 is 1.21 bits per heavy atom. The maximum Gasteiger partial charge on any atom is 0.122 e. The zero-order valence-electron chi connectivity index (χ0n) is 10.5. The molecule has 1 aromatic carbocycles. The van der Waals surface area contributed by atoms with Crippen molar-refractivity contribution in [2.75, 3.05) is 0 Å². The summed E-state index contributed by atoms with van der Waals surface area (Å²) in [5.74, 6) is 0. The molecule has 0 aliphatic carbocycles. The third-order valence-corrected chi connectivity index (χ3v) is 3.60. The minimum absolute atomic E-state index is 0.353. The van der Waals surface area contributed by atoms with Crippen LogP contribution in [0.2, 0.25) is 0 Å². The van der Waals surface area contributed by atoms with Gasteiger partial charge in [0, 0.05) is 25.8 Å². The summed E-state index contributed by atoms with van der Waals surface area (Å²) in [6.07, 6.45) is 1.77. The SMILES string of the molecule is NC(=S)c1cc(CN2Cc3ccccc3C2)ccn1. The third kappa shape index (κ3) is 2.64. The molecular weight excluding hydrogens is 254 g/mol. The zero-order chi connectivity index (χ0) is 13.2. The van der Waals surface area contributed by atoms with Gasteiger partial charge in [0.1, 0.15) is 4.99 Å². The first kappa shape index (κ1) is 12.3. The first-order chi connectivity index (χ1) is 9.22. The second-order valence-corrected chi connectivity index (χ2v) is 5.27. The zero-order valence-corrected chi connectivity index (χ0v) is 11.4. The number of nitrogens with zero attached hydrogens (tertiary/aromatic N) is 2. The number of aromatic nitrogens is 1. The number of benzene rings is 1. The molecule has 19 heavy (non-hydrogen) atoms. The summed E-state index contributed by atoms with van der Waals surface area (Å²) in [6.45, 7) is 2.90. The van der Waals surface area contributed by atoms with Crippen LogP contribution in [0.5, 0.6) is 0 Å². The summed E-state index contributed by atoms with van der Waals surface area (Å²) in [7, 11) is 0. The minimum atomic E-state index is 0.353. The fourth-order valence-corrected chi connectivity index (χ4v) is 2.59. The fraction of sp³-hybridized carbons (Fsp3) is 0.200. The molecule has 1 aliphatic rings. The van der Waals surface area contributed by atoms with E-state index >= 15 is 0 Å². The van der Waals surface area contributed by atoms with Gasteiger partial charge in [-0.3, -0.25) is 9.88 Å². The van der Waals surface area contributed by atoms with Gasteiger partial charge in [-0.1, -0.05) is 36.5 Å². The molecule has 0 fully saturated rings. The van der Waals surface area contributed by atoms with Crippen molar-refractivity contribution in [2.45, 2.75) is 19.6 Å². The van der Waals surface area contributed by atoms with Crippen molar-refractivity contribution in [3.05, 3.63) is 65.0 Å². The topological polar surface area (TPSA) is 42.1 Å². The van der Waals surface area contributed by atoms with E-state index in [1.54, 1.807) is 6.20 Å². The van der Waals surface area contributed by atoms with E-state index in [-0.39, 0.29) is 0 Å². The second-order valence-electron chi connectivity index (χ2n) is 4.83. The Morgan fingerprint density at radius 2 is 1.89 bits per heavy atom. The molecule has 0 saturated heterocycles. The van der Waals surface area contributed by atoms with Crippen LogP contribution in [0.3, 0.4) is 0 Å². The number of thiocarbonyl (C=S) groups is 1. The molecule has 2 N–H and O–H groups in total. The standard InChI is InChI=1S/C15H15N3S/c16-15(19)14-7-11(5-6-17-14)8-18-9-12-3-1-2-4-13(12)10-18/h1-7H,8-10H2,(H2,16,19). The Kier molecular flexibility index (Phi) is 3.27. The molecule has 0 amide bonds. The summed E-state index contributed by atoms with van der Waals surface area (Å²) in [5.41, 5.74) is 10.4. The summed E-state index contributed by atoms with van der Waals surface area (Å²) >= 11 is 4.96. The average Bonchev–Trinajstić information content (AvgIpc) is 2.81. The molecule has 2 aromatic rings. The molecule has 0 bridgehead atoms. The van der Waals surface area contributed by atoms with Crippen molar-refractivity contribution < 1.29 is 0 Å². The third-order valence-electron chi connectivity index (χ3n) is 3.39. The average molecular weight is 269 g/mol. The first-order valence-corrected chi connectivity index (χ1v) is 6.67. The second kappa shape index (κ2) is 5.07. The van der Waals surface area contributed by atoms with Gasteiger partial charge in [-0.25, -0.2) is 0 Å². The molecule has 3 nitrogen and oxygen atoms in total. The van der Waals surface area contributed by atoms with E-state index in [9.17, 15) is 0 Å². The molecule has 0 spiro atoms. The van der Waals surface area contributed by atoms with Crippen molar-refractivity contribution in [1.82, 2.24) is 9.88 Å². The molecule has 2 heterocycles. The van der Waals surface area contributed by atoms with Gasteiger partial charge in [-0.15, -0.1) is 0 Å². The van der Waals surface area contributed by atoms with E-state index in [4.69, 9.17) is 18.0 Å². The van der Waals surface area contributed by atoms with Gasteiger partial charge in [-0.2, -0.15) is 0 Å². The van der Waals surface area contributed by atoms with Gasteiger partial charge in [0.25, 0.3) is 0 Å². The van der Waals surface area contributed by atoms with E-state index < -0.39 is 0 Å². The van der Waals surface area contributed by atoms with Crippen LogP contribution < -0.4 is 5.73 Å². The quantitative estimate of drug-likeness (QED) is 0.868. The van der Waals surface area contributed by atoms with Crippen LogP contribution in [-0.2, 0) is 19.6 Å². The van der Waals surface area contributed by atoms with E-state index in [2.05, 4.69) is 34.1 Å². The van der Waals surface area contributed by atoms with Crippen LogP contribution in [0.1, 0.15) is 22.4 Å². The molecule has 4 heteroatoms. The molecule has 1 aromatic heterocycles. The lowest BCUT2D eigenvalue weighted by atomic mass is 10.1. The maximum absolute atomic E-state index is 5.62. The van der Waals surface area contributed by atoms with Crippen molar-refractivity contribution in [2.24, 2.45) is 5.73 Å². The van der Waals surface area contributed by atoms with Crippen LogP contribution in [0, 0.1) is 0 Å². The predicted octanol–water partition coefficient (Wildman–Crippen LogP) is 2.23. The van der Waals surface area contributed by atoms with Gasteiger partial charge in [0.15, 0.2) is 0 Å². The van der Waals surface area contributed by atoms with Gasteiger partial charge in [-0.05, 0) is 28.8 Å². The molecule has 1 aliphatic heterocycles. The summed E-state index contributed by atoms with van der Waals surface area (Å²) < 4.78 is 0. The number of rotatable bonds is 3. The van der Waals surface area contributed by atoms with E-state index in [0.717, 1.165) is 19.6 Å². The molecule has 0 unspecified atom stereocenters. The predicted molar refractivity (Wildman–Crippen MR) is 79.5 cm³/mol. The molecular formula is C15H15N3S. The van der Waals surface area contributed by atoms with Crippen molar-refractivity contribution in [3.8, 4) is 0 Å². The highest BCUT2D eigenvalue weighted by molar-refractivity contribution is 7.80. The molecule has 3 rings (SSSR count). The van der Waals surface area contributed by atoms with Gasteiger partial charge >= 0.3 is 0 Å². The fourth-order valence-electron chi connectivity index (χ4n) is 2.48.